The van der Waals surface area contributed by atoms with Gasteiger partial charge in [0.15, 0.2) is 17.3 Å². The van der Waals surface area contributed by atoms with Crippen molar-refractivity contribution in [2.24, 2.45) is 0 Å². The van der Waals surface area contributed by atoms with Gasteiger partial charge in [0.25, 0.3) is 0 Å². The van der Waals surface area contributed by atoms with Crippen LogP contribution in [0, 0.1) is 0 Å². The molecule has 0 aliphatic heterocycles. The Morgan fingerprint density at radius 1 is 0.758 bits per heavy atom. The van der Waals surface area contributed by atoms with E-state index in [0.717, 1.165) is 0 Å². The topological polar surface area (TPSA) is 126 Å². The number of phenolic OH excluding ortho intramolecular Hbond substituents is 4. The normalized spacial score (nSPS) is 10.6. The van der Waals surface area contributed by atoms with E-state index in [1.165, 1.54) is 57.7 Å². The van der Waals surface area contributed by atoms with Crippen LogP contribution >= 0.6 is 0 Å². The number of carbonyl (C=O) groups excluding carboxylic acids is 1. The fourth-order valence-corrected chi connectivity index (χ4v) is 3.72. The first-order chi connectivity index (χ1) is 15.8. The highest BCUT2D eigenvalue weighted by Gasteiger charge is 2.22. The number of carbonyl (C=O) groups is 1. The maximum Gasteiger partial charge on any atom is 0.167 e. The van der Waals surface area contributed by atoms with Gasteiger partial charge in [0.2, 0.25) is 0 Å². The zero-order valence-electron chi connectivity index (χ0n) is 18.6. The molecule has 8 nitrogen and oxygen atoms in total. The van der Waals surface area contributed by atoms with Crippen molar-refractivity contribution in [2.45, 2.75) is 19.3 Å². The number of aromatic hydroxyl groups is 4. The summed E-state index contributed by atoms with van der Waals surface area (Å²) < 4.78 is 16.2. The summed E-state index contributed by atoms with van der Waals surface area (Å²) in [6.07, 6.45) is 0.460. The molecule has 3 aromatic carbocycles. The molecular formula is C25H26O8. The van der Waals surface area contributed by atoms with Gasteiger partial charge in [-0.15, -0.1) is 0 Å². The van der Waals surface area contributed by atoms with Crippen molar-refractivity contribution in [1.82, 2.24) is 0 Å². The molecule has 0 amide bonds. The number of methoxy groups -OCH3 is 3. The van der Waals surface area contributed by atoms with Crippen LogP contribution in [0.1, 0.15) is 33.5 Å². The highest BCUT2D eigenvalue weighted by Crippen LogP contribution is 2.41. The average Bonchev–Trinajstić information content (AvgIpc) is 2.80. The Hall–Kier alpha value is -4.07. The fraction of sp³-hybridized carbons (Fsp3) is 0.240. The minimum atomic E-state index is -0.273. The van der Waals surface area contributed by atoms with E-state index in [2.05, 4.69) is 0 Å². The molecule has 0 radical (unpaired) electrons. The third-order valence-electron chi connectivity index (χ3n) is 5.35. The summed E-state index contributed by atoms with van der Waals surface area (Å²) in [6, 6.07) is 10.2. The molecule has 4 N–H and O–H groups in total. The van der Waals surface area contributed by atoms with E-state index < -0.39 is 0 Å². The van der Waals surface area contributed by atoms with Crippen LogP contribution in [-0.2, 0) is 12.8 Å². The Kier molecular flexibility index (Phi) is 7.17. The van der Waals surface area contributed by atoms with Crippen molar-refractivity contribution in [2.75, 3.05) is 21.3 Å². The van der Waals surface area contributed by atoms with Crippen LogP contribution in [0.2, 0.25) is 0 Å². The standard InChI is InChI=1S/C25H26O8/c1-31-23-9-5-15(26)12-17(23)19(27)8-6-16-21(29)13-24(32-2)18(25(16)33-3)10-14-4-7-20(28)22(30)11-14/h4-5,7,9,11-13,26,28-30H,6,8,10H2,1-3H3. The van der Waals surface area contributed by atoms with Crippen LogP contribution in [0.25, 0.3) is 0 Å². The molecule has 0 atom stereocenters. The Labute approximate surface area is 191 Å². The summed E-state index contributed by atoms with van der Waals surface area (Å²) in [4.78, 5) is 12.8. The quantitative estimate of drug-likeness (QED) is 0.283. The first-order valence-electron chi connectivity index (χ1n) is 10.2. The number of hydrogen-bond acceptors (Lipinski definition) is 8. The van der Waals surface area contributed by atoms with E-state index in [9.17, 15) is 25.2 Å². The summed E-state index contributed by atoms with van der Waals surface area (Å²) in [6.45, 7) is 0. The lowest BCUT2D eigenvalue weighted by Gasteiger charge is -2.19. The lowest BCUT2D eigenvalue weighted by atomic mass is 9.95. The number of ether oxygens (including phenoxy) is 3. The number of ketones is 1. The molecule has 0 aliphatic carbocycles. The molecule has 0 unspecified atom stereocenters. The van der Waals surface area contributed by atoms with Gasteiger partial charge in [-0.3, -0.25) is 4.79 Å². The fourth-order valence-electron chi connectivity index (χ4n) is 3.72. The summed E-state index contributed by atoms with van der Waals surface area (Å²) in [7, 11) is 4.35. The summed E-state index contributed by atoms with van der Waals surface area (Å²) in [5.74, 6) is 0.179. The Morgan fingerprint density at radius 2 is 1.48 bits per heavy atom. The second-order valence-electron chi connectivity index (χ2n) is 7.40. The minimum Gasteiger partial charge on any atom is -0.508 e. The van der Waals surface area contributed by atoms with Crippen molar-refractivity contribution >= 4 is 5.78 Å². The van der Waals surface area contributed by atoms with Crippen LogP contribution < -0.4 is 14.2 Å². The maximum absolute atomic E-state index is 12.8. The largest absolute Gasteiger partial charge is 0.508 e. The number of hydrogen-bond donors (Lipinski definition) is 4. The molecule has 0 aromatic heterocycles. The third kappa shape index (κ3) is 5.06. The van der Waals surface area contributed by atoms with E-state index in [0.29, 0.717) is 33.9 Å². The van der Waals surface area contributed by atoms with Crippen molar-refractivity contribution in [3.05, 3.63) is 64.7 Å². The Bertz CT molecular complexity index is 1170. The van der Waals surface area contributed by atoms with Crippen LogP contribution in [0.4, 0.5) is 0 Å². The molecule has 3 aromatic rings. The van der Waals surface area contributed by atoms with E-state index in [4.69, 9.17) is 14.2 Å². The highest BCUT2D eigenvalue weighted by molar-refractivity contribution is 5.99. The Balaban J connectivity index is 1.95. The van der Waals surface area contributed by atoms with E-state index in [1.54, 1.807) is 6.07 Å². The van der Waals surface area contributed by atoms with Gasteiger partial charge in [-0.25, -0.2) is 0 Å². The molecular weight excluding hydrogens is 428 g/mol. The summed E-state index contributed by atoms with van der Waals surface area (Å²) in [5.41, 5.74) is 1.95. The van der Waals surface area contributed by atoms with Gasteiger partial charge in [0.1, 0.15) is 28.7 Å². The van der Waals surface area contributed by atoms with Crippen LogP contribution in [0.3, 0.4) is 0 Å². The SMILES string of the molecule is COc1ccc(O)cc1C(=O)CCc1c(O)cc(OC)c(Cc2ccc(O)c(O)c2)c1OC. The van der Waals surface area contributed by atoms with Gasteiger partial charge in [-0.05, 0) is 42.3 Å². The van der Waals surface area contributed by atoms with Crippen LogP contribution in [0.15, 0.2) is 42.5 Å². The summed E-state index contributed by atoms with van der Waals surface area (Å²) in [5, 5.41) is 39.8. The van der Waals surface area contributed by atoms with Gasteiger partial charge in [-0.2, -0.15) is 0 Å². The van der Waals surface area contributed by atoms with Crippen molar-refractivity contribution < 1.29 is 39.4 Å². The van der Waals surface area contributed by atoms with Crippen molar-refractivity contribution in [3.63, 3.8) is 0 Å². The van der Waals surface area contributed by atoms with Gasteiger partial charge in [-0.1, -0.05) is 6.07 Å². The van der Waals surface area contributed by atoms with Gasteiger partial charge < -0.3 is 34.6 Å². The zero-order valence-corrected chi connectivity index (χ0v) is 18.6. The first-order valence-corrected chi connectivity index (χ1v) is 10.2. The predicted molar refractivity (Wildman–Crippen MR) is 121 cm³/mol. The second-order valence-corrected chi connectivity index (χ2v) is 7.40. The molecule has 33 heavy (non-hydrogen) atoms. The molecule has 0 aliphatic rings. The summed E-state index contributed by atoms with van der Waals surface area (Å²) >= 11 is 0. The van der Waals surface area contributed by atoms with Gasteiger partial charge >= 0.3 is 0 Å². The molecule has 8 heteroatoms. The molecule has 0 heterocycles. The smallest absolute Gasteiger partial charge is 0.167 e. The molecule has 174 valence electrons. The average molecular weight is 454 g/mol. The highest BCUT2D eigenvalue weighted by atomic mass is 16.5. The monoisotopic (exact) mass is 454 g/mol. The second kappa shape index (κ2) is 10.0. The first kappa shape index (κ1) is 23.6. The number of benzene rings is 3. The molecule has 0 bridgehead atoms. The molecule has 0 fully saturated rings. The lowest BCUT2D eigenvalue weighted by molar-refractivity contribution is 0.0979. The Morgan fingerprint density at radius 3 is 2.12 bits per heavy atom. The lowest BCUT2D eigenvalue weighted by Crippen LogP contribution is -2.07. The van der Waals surface area contributed by atoms with E-state index >= 15 is 0 Å². The number of Topliss-reactive ketones (excluding diaryl/α,β-unsaturated/α-hetero) is 1. The predicted octanol–water partition coefficient (Wildman–Crippen LogP) is 3.94. The molecule has 0 saturated heterocycles. The minimum absolute atomic E-state index is 0.0233. The number of phenols is 4. The van der Waals surface area contributed by atoms with Gasteiger partial charge in [0.05, 0.1) is 26.9 Å². The molecule has 0 saturated carbocycles. The zero-order chi connectivity index (χ0) is 24.1. The van der Waals surface area contributed by atoms with Gasteiger partial charge in [0, 0.05) is 30.0 Å². The van der Waals surface area contributed by atoms with E-state index in [-0.39, 0.29) is 53.6 Å². The molecule has 0 spiro atoms. The van der Waals surface area contributed by atoms with Crippen LogP contribution in [0.5, 0.6) is 40.2 Å². The van der Waals surface area contributed by atoms with Crippen molar-refractivity contribution in [1.29, 1.82) is 0 Å². The number of rotatable bonds is 9. The third-order valence-corrected chi connectivity index (χ3v) is 5.35. The van der Waals surface area contributed by atoms with E-state index in [1.807, 2.05) is 0 Å². The molecule has 3 rings (SSSR count). The van der Waals surface area contributed by atoms with Crippen molar-refractivity contribution in [3.8, 4) is 40.2 Å². The maximum atomic E-state index is 12.8. The van der Waals surface area contributed by atoms with Crippen LogP contribution in [-0.4, -0.2) is 47.5 Å².